The van der Waals surface area contributed by atoms with Gasteiger partial charge in [0.25, 0.3) is 10.0 Å². The van der Waals surface area contributed by atoms with E-state index in [1.807, 2.05) is 11.8 Å². The first-order valence-corrected chi connectivity index (χ1v) is 10.8. The van der Waals surface area contributed by atoms with Crippen molar-refractivity contribution in [1.82, 2.24) is 4.83 Å². The summed E-state index contributed by atoms with van der Waals surface area (Å²) in [5, 5.41) is 3.93. The van der Waals surface area contributed by atoms with E-state index in [0.717, 1.165) is 0 Å². The fourth-order valence-corrected chi connectivity index (χ4v) is 3.78. The van der Waals surface area contributed by atoms with Crippen molar-refractivity contribution < 1.29 is 22.3 Å². The highest BCUT2D eigenvalue weighted by atomic mass is 32.2. The topological polar surface area (TPSA) is 80.2 Å². The number of hydrogen-bond donors (Lipinski definition) is 1. The van der Waals surface area contributed by atoms with Gasteiger partial charge in [-0.05, 0) is 50.2 Å². The number of hydrazone groups is 1. The third-order valence-corrected chi connectivity index (χ3v) is 5.72. The minimum Gasteiger partial charge on any atom is -0.494 e. The number of halogens is 1. The summed E-state index contributed by atoms with van der Waals surface area (Å²) in [6, 6.07) is 10.8. The van der Waals surface area contributed by atoms with Gasteiger partial charge in [-0.3, -0.25) is 0 Å². The van der Waals surface area contributed by atoms with E-state index in [4.69, 9.17) is 9.47 Å². The fraction of sp³-hybridized carbons (Fsp3) is 0.350. The molecular weight excluding hydrogens is 397 g/mol. The number of hydrogen-bond acceptors (Lipinski definition) is 6. The molecule has 0 saturated carbocycles. The number of ether oxygens (including phenoxy) is 2. The van der Waals surface area contributed by atoms with Crippen LogP contribution < -0.4 is 14.5 Å². The molecule has 0 atom stereocenters. The van der Waals surface area contributed by atoms with Gasteiger partial charge in [0.15, 0.2) is 0 Å². The van der Waals surface area contributed by atoms with Crippen LogP contribution in [0.25, 0.3) is 0 Å². The SMILES string of the molecule is CCOc1ccc(S(=O)(=O)N/N=C(/C)c2ccc(N3CCOCC3)c(F)c2)cc1. The van der Waals surface area contributed by atoms with E-state index in [0.29, 0.717) is 55.6 Å². The van der Waals surface area contributed by atoms with Crippen molar-refractivity contribution in [1.29, 1.82) is 0 Å². The minimum atomic E-state index is -3.84. The molecule has 2 aromatic carbocycles. The Kier molecular flexibility index (Phi) is 6.71. The van der Waals surface area contributed by atoms with Gasteiger partial charge in [0, 0.05) is 18.7 Å². The van der Waals surface area contributed by atoms with Crippen LogP contribution in [0.4, 0.5) is 10.1 Å². The second-order valence-electron chi connectivity index (χ2n) is 6.46. The maximum atomic E-state index is 14.5. The van der Waals surface area contributed by atoms with Gasteiger partial charge < -0.3 is 14.4 Å². The van der Waals surface area contributed by atoms with Gasteiger partial charge in [0.1, 0.15) is 11.6 Å². The van der Waals surface area contributed by atoms with Crippen LogP contribution in [-0.2, 0) is 14.8 Å². The van der Waals surface area contributed by atoms with Crippen LogP contribution >= 0.6 is 0 Å². The number of sulfonamides is 1. The molecule has 0 aromatic heterocycles. The molecule has 1 heterocycles. The smallest absolute Gasteiger partial charge is 0.276 e. The largest absolute Gasteiger partial charge is 0.494 e. The van der Waals surface area contributed by atoms with Gasteiger partial charge in [-0.2, -0.15) is 18.4 Å². The molecule has 0 amide bonds. The Labute approximate surface area is 170 Å². The van der Waals surface area contributed by atoms with E-state index in [1.165, 1.54) is 18.2 Å². The third-order valence-electron chi connectivity index (χ3n) is 4.50. The van der Waals surface area contributed by atoms with Gasteiger partial charge in [-0.25, -0.2) is 4.39 Å². The van der Waals surface area contributed by atoms with Crippen LogP contribution in [-0.4, -0.2) is 47.0 Å². The summed E-state index contributed by atoms with van der Waals surface area (Å²) < 4.78 is 50.0. The zero-order valence-corrected chi connectivity index (χ0v) is 17.2. The van der Waals surface area contributed by atoms with Gasteiger partial charge >= 0.3 is 0 Å². The number of morpholine rings is 1. The second-order valence-corrected chi connectivity index (χ2v) is 8.12. The standard InChI is InChI=1S/C20H24FN3O4S/c1-3-28-17-5-7-18(8-6-17)29(25,26)23-22-15(2)16-4-9-20(19(21)14-16)24-10-12-27-13-11-24/h4-9,14,23H,3,10-13H2,1-2H3/b22-15-. The average Bonchev–Trinajstić information content (AvgIpc) is 2.73. The van der Waals surface area contributed by atoms with Crippen molar-refractivity contribution in [2.75, 3.05) is 37.8 Å². The molecule has 156 valence electrons. The van der Waals surface area contributed by atoms with Crippen LogP contribution in [0.2, 0.25) is 0 Å². The van der Waals surface area contributed by atoms with Crippen LogP contribution in [0, 0.1) is 5.82 Å². The van der Waals surface area contributed by atoms with E-state index in [1.54, 1.807) is 31.2 Å². The van der Waals surface area contributed by atoms with E-state index in [-0.39, 0.29) is 10.7 Å². The number of rotatable bonds is 7. The summed E-state index contributed by atoms with van der Waals surface area (Å²) in [6.07, 6.45) is 0. The number of anilines is 1. The van der Waals surface area contributed by atoms with Crippen LogP contribution in [0.15, 0.2) is 52.5 Å². The van der Waals surface area contributed by atoms with Crippen molar-refractivity contribution >= 4 is 21.4 Å². The number of nitrogens with one attached hydrogen (secondary N) is 1. The first-order chi connectivity index (χ1) is 13.9. The maximum Gasteiger partial charge on any atom is 0.276 e. The van der Waals surface area contributed by atoms with Gasteiger partial charge in [0.05, 0.1) is 36.1 Å². The molecule has 1 saturated heterocycles. The quantitative estimate of drug-likeness (QED) is 0.549. The highest BCUT2D eigenvalue weighted by Gasteiger charge is 2.17. The molecule has 2 aromatic rings. The lowest BCUT2D eigenvalue weighted by molar-refractivity contribution is 0.122. The number of benzene rings is 2. The van der Waals surface area contributed by atoms with Crippen LogP contribution in [0.3, 0.4) is 0 Å². The summed E-state index contributed by atoms with van der Waals surface area (Å²) in [5.41, 5.74) is 1.35. The summed E-state index contributed by atoms with van der Waals surface area (Å²) in [4.78, 5) is 4.17. The Morgan fingerprint density at radius 1 is 1.21 bits per heavy atom. The Morgan fingerprint density at radius 2 is 1.90 bits per heavy atom. The molecule has 1 aliphatic heterocycles. The summed E-state index contributed by atoms with van der Waals surface area (Å²) in [7, 11) is -3.84. The molecule has 0 spiro atoms. The third kappa shape index (κ3) is 5.24. The highest BCUT2D eigenvalue weighted by molar-refractivity contribution is 7.89. The Balaban J connectivity index is 1.72. The van der Waals surface area contributed by atoms with Crippen molar-refractivity contribution in [3.8, 4) is 5.75 Å². The van der Waals surface area contributed by atoms with E-state index in [2.05, 4.69) is 9.93 Å². The Hall–Kier alpha value is -2.65. The molecule has 7 nitrogen and oxygen atoms in total. The normalized spacial score (nSPS) is 15.3. The number of nitrogens with zero attached hydrogens (tertiary/aromatic N) is 2. The zero-order valence-electron chi connectivity index (χ0n) is 16.4. The van der Waals surface area contributed by atoms with Gasteiger partial charge in [0.2, 0.25) is 0 Å². The van der Waals surface area contributed by atoms with Gasteiger partial charge in [-0.1, -0.05) is 6.07 Å². The lowest BCUT2D eigenvalue weighted by Gasteiger charge is -2.29. The van der Waals surface area contributed by atoms with E-state index >= 15 is 0 Å². The van der Waals surface area contributed by atoms with Gasteiger partial charge in [-0.15, -0.1) is 0 Å². The molecule has 1 fully saturated rings. The first kappa shape index (κ1) is 21.1. The molecule has 1 N–H and O–H groups in total. The second kappa shape index (κ2) is 9.23. The molecule has 0 aliphatic carbocycles. The molecule has 3 rings (SSSR count). The molecular formula is C20H24FN3O4S. The van der Waals surface area contributed by atoms with Crippen LogP contribution in [0.5, 0.6) is 5.75 Å². The summed E-state index contributed by atoms with van der Waals surface area (Å²) in [5.74, 6) is 0.204. The van der Waals surface area contributed by atoms with E-state index in [9.17, 15) is 12.8 Å². The lowest BCUT2D eigenvalue weighted by atomic mass is 10.1. The molecule has 0 radical (unpaired) electrons. The zero-order chi connectivity index (χ0) is 20.9. The monoisotopic (exact) mass is 421 g/mol. The summed E-state index contributed by atoms with van der Waals surface area (Å²) in [6.45, 7) is 6.35. The molecule has 0 unspecified atom stereocenters. The lowest BCUT2D eigenvalue weighted by Crippen LogP contribution is -2.36. The average molecular weight is 421 g/mol. The fourth-order valence-electron chi connectivity index (χ4n) is 2.92. The molecule has 1 aliphatic rings. The maximum absolute atomic E-state index is 14.5. The van der Waals surface area contributed by atoms with Crippen LogP contribution in [0.1, 0.15) is 19.4 Å². The first-order valence-electron chi connectivity index (χ1n) is 9.32. The predicted octanol–water partition coefficient (Wildman–Crippen LogP) is 2.76. The van der Waals surface area contributed by atoms with Crippen molar-refractivity contribution in [3.63, 3.8) is 0 Å². The minimum absolute atomic E-state index is 0.0614. The summed E-state index contributed by atoms with van der Waals surface area (Å²) >= 11 is 0. The molecule has 29 heavy (non-hydrogen) atoms. The van der Waals surface area contributed by atoms with Crippen molar-refractivity contribution in [2.24, 2.45) is 5.10 Å². The van der Waals surface area contributed by atoms with Crippen molar-refractivity contribution in [2.45, 2.75) is 18.7 Å². The van der Waals surface area contributed by atoms with E-state index < -0.39 is 10.0 Å². The predicted molar refractivity (Wildman–Crippen MR) is 110 cm³/mol. The Morgan fingerprint density at radius 3 is 2.52 bits per heavy atom. The molecule has 0 bridgehead atoms. The molecule has 9 heteroatoms. The Bertz CT molecular complexity index is 972. The van der Waals surface area contributed by atoms with Crippen molar-refractivity contribution in [3.05, 3.63) is 53.8 Å². The highest BCUT2D eigenvalue weighted by Crippen LogP contribution is 2.22.